The average molecular weight is 346 g/mol. The molecule has 0 bridgehead atoms. The lowest BCUT2D eigenvalue weighted by Gasteiger charge is -2.31. The molecule has 2 N–H and O–H groups in total. The first-order valence-corrected chi connectivity index (χ1v) is 9.62. The molecule has 0 radical (unpaired) electrons. The zero-order valence-electron chi connectivity index (χ0n) is 15.0. The fourth-order valence-electron chi connectivity index (χ4n) is 3.71. The van der Waals surface area contributed by atoms with Crippen LogP contribution in [0.2, 0.25) is 0 Å². The molecule has 5 nitrogen and oxygen atoms in total. The van der Waals surface area contributed by atoms with Gasteiger partial charge in [-0.15, -0.1) is 0 Å². The zero-order chi connectivity index (χ0) is 17.5. The Morgan fingerprint density at radius 1 is 1.16 bits per heavy atom. The van der Waals surface area contributed by atoms with Crippen LogP contribution in [-0.4, -0.2) is 41.8 Å². The summed E-state index contributed by atoms with van der Waals surface area (Å²) >= 11 is 0. The number of hydrogen-bond acceptors (Lipinski definition) is 3. The van der Waals surface area contributed by atoms with Gasteiger partial charge in [0.25, 0.3) is 0 Å². The summed E-state index contributed by atoms with van der Waals surface area (Å²) in [5, 5.41) is 12.2. The molecule has 1 aromatic rings. The van der Waals surface area contributed by atoms with Gasteiger partial charge in [-0.1, -0.05) is 31.4 Å². The number of amides is 2. The summed E-state index contributed by atoms with van der Waals surface area (Å²) in [5.74, 6) is 0.337. The first-order chi connectivity index (χ1) is 12.2. The minimum Gasteiger partial charge on any atom is -0.396 e. The van der Waals surface area contributed by atoms with E-state index in [-0.39, 0.29) is 12.6 Å². The van der Waals surface area contributed by atoms with E-state index in [0.29, 0.717) is 31.7 Å². The summed E-state index contributed by atoms with van der Waals surface area (Å²) in [7, 11) is 0. The third kappa shape index (κ3) is 5.44. The van der Waals surface area contributed by atoms with Crippen molar-refractivity contribution in [1.82, 2.24) is 4.90 Å². The van der Waals surface area contributed by atoms with Crippen LogP contribution in [-0.2, 0) is 11.3 Å². The van der Waals surface area contributed by atoms with Crippen molar-refractivity contribution < 1.29 is 14.6 Å². The van der Waals surface area contributed by atoms with E-state index in [4.69, 9.17) is 4.74 Å². The van der Waals surface area contributed by atoms with Crippen molar-refractivity contribution in [2.75, 3.05) is 25.0 Å². The minimum atomic E-state index is -0.0539. The van der Waals surface area contributed by atoms with Crippen LogP contribution in [0.25, 0.3) is 0 Å². The van der Waals surface area contributed by atoms with Gasteiger partial charge in [-0.25, -0.2) is 4.79 Å². The summed E-state index contributed by atoms with van der Waals surface area (Å²) in [4.78, 5) is 14.2. The van der Waals surface area contributed by atoms with E-state index < -0.39 is 0 Å². The van der Waals surface area contributed by atoms with Gasteiger partial charge < -0.3 is 20.1 Å². The van der Waals surface area contributed by atoms with Crippen LogP contribution in [0.3, 0.4) is 0 Å². The van der Waals surface area contributed by atoms with E-state index in [1.165, 1.54) is 32.1 Å². The van der Waals surface area contributed by atoms with Gasteiger partial charge in [-0.3, -0.25) is 0 Å². The summed E-state index contributed by atoms with van der Waals surface area (Å²) in [6, 6.07) is 7.88. The van der Waals surface area contributed by atoms with Crippen molar-refractivity contribution in [3.8, 4) is 0 Å². The molecule has 0 unspecified atom stereocenters. The topological polar surface area (TPSA) is 61.8 Å². The largest absolute Gasteiger partial charge is 0.396 e. The number of carbonyl (C=O) groups excluding carboxylic acids is 1. The quantitative estimate of drug-likeness (QED) is 0.853. The number of benzene rings is 1. The van der Waals surface area contributed by atoms with Crippen LogP contribution in [0.4, 0.5) is 10.5 Å². The van der Waals surface area contributed by atoms with Crippen molar-refractivity contribution in [3.63, 3.8) is 0 Å². The second kappa shape index (κ2) is 9.20. The van der Waals surface area contributed by atoms with Gasteiger partial charge in [0.15, 0.2) is 0 Å². The molecule has 2 amide bonds. The van der Waals surface area contributed by atoms with Crippen LogP contribution in [0, 0.1) is 5.92 Å². The Labute approximate surface area is 150 Å². The molecule has 1 aliphatic carbocycles. The molecule has 0 spiro atoms. The van der Waals surface area contributed by atoms with Gasteiger partial charge in [-0.05, 0) is 49.3 Å². The van der Waals surface area contributed by atoms with Crippen LogP contribution in [0.5, 0.6) is 0 Å². The number of urea groups is 1. The van der Waals surface area contributed by atoms with Gasteiger partial charge in [0.2, 0.25) is 0 Å². The Morgan fingerprint density at radius 3 is 2.64 bits per heavy atom. The Balaban J connectivity index is 1.48. The second-order valence-electron chi connectivity index (χ2n) is 7.31. The van der Waals surface area contributed by atoms with Crippen molar-refractivity contribution in [2.24, 2.45) is 5.92 Å². The number of nitrogens with zero attached hydrogens (tertiary/aromatic N) is 1. The van der Waals surface area contributed by atoms with Gasteiger partial charge >= 0.3 is 6.03 Å². The summed E-state index contributed by atoms with van der Waals surface area (Å²) in [5.41, 5.74) is 1.92. The van der Waals surface area contributed by atoms with E-state index in [1.807, 2.05) is 29.2 Å². The Morgan fingerprint density at radius 2 is 1.92 bits per heavy atom. The number of nitrogens with one attached hydrogen (secondary N) is 1. The maximum absolute atomic E-state index is 12.4. The predicted octanol–water partition coefficient (Wildman–Crippen LogP) is 3.77. The second-order valence-corrected chi connectivity index (χ2v) is 7.31. The molecule has 2 fully saturated rings. The predicted molar refractivity (Wildman–Crippen MR) is 98.5 cm³/mol. The lowest BCUT2D eigenvalue weighted by molar-refractivity contribution is 0.0169. The summed E-state index contributed by atoms with van der Waals surface area (Å²) in [6.45, 7) is 2.25. The number of hydrogen-bond donors (Lipinski definition) is 2. The molecule has 1 saturated heterocycles. The fourth-order valence-corrected chi connectivity index (χ4v) is 3.71. The first kappa shape index (κ1) is 18.2. The molecule has 1 aliphatic heterocycles. The molecule has 25 heavy (non-hydrogen) atoms. The highest BCUT2D eigenvalue weighted by Crippen LogP contribution is 2.22. The van der Waals surface area contributed by atoms with E-state index >= 15 is 0 Å². The van der Waals surface area contributed by atoms with E-state index in [9.17, 15) is 9.90 Å². The third-order valence-corrected chi connectivity index (χ3v) is 5.38. The van der Waals surface area contributed by atoms with Gasteiger partial charge in [0, 0.05) is 25.4 Å². The molecule has 1 saturated carbocycles. The molecule has 5 heteroatoms. The number of carbonyl (C=O) groups is 1. The molecule has 138 valence electrons. The summed E-state index contributed by atoms with van der Waals surface area (Å²) < 4.78 is 6.02. The van der Waals surface area contributed by atoms with Crippen molar-refractivity contribution >= 4 is 11.7 Å². The van der Waals surface area contributed by atoms with Crippen LogP contribution in [0.15, 0.2) is 24.3 Å². The first-order valence-electron chi connectivity index (χ1n) is 9.62. The van der Waals surface area contributed by atoms with E-state index in [0.717, 1.165) is 24.1 Å². The van der Waals surface area contributed by atoms with E-state index in [2.05, 4.69) is 5.32 Å². The number of piperidine rings is 1. The SMILES string of the molecule is O=C(Nc1cccc(COC2CCCCC2)c1)N1CCC(CO)CC1. The number of ether oxygens (including phenoxy) is 1. The van der Waals surface area contributed by atoms with E-state index in [1.54, 1.807) is 0 Å². The van der Waals surface area contributed by atoms with Crippen molar-refractivity contribution in [2.45, 2.75) is 57.7 Å². The number of anilines is 1. The highest BCUT2D eigenvalue weighted by Gasteiger charge is 2.22. The van der Waals surface area contributed by atoms with Gasteiger partial charge in [0.05, 0.1) is 12.7 Å². The Bertz CT molecular complexity index is 550. The molecule has 3 rings (SSSR count). The minimum absolute atomic E-state index is 0.0539. The number of aliphatic hydroxyl groups is 1. The number of aliphatic hydroxyl groups excluding tert-OH is 1. The van der Waals surface area contributed by atoms with Crippen LogP contribution in [0.1, 0.15) is 50.5 Å². The van der Waals surface area contributed by atoms with Gasteiger partial charge in [-0.2, -0.15) is 0 Å². The summed E-state index contributed by atoms with van der Waals surface area (Å²) in [6.07, 6.45) is 8.34. The molecule has 0 aromatic heterocycles. The lowest BCUT2D eigenvalue weighted by Crippen LogP contribution is -2.41. The number of likely N-dealkylation sites (tertiary alicyclic amines) is 1. The smallest absolute Gasteiger partial charge is 0.321 e. The highest BCUT2D eigenvalue weighted by atomic mass is 16.5. The molecule has 1 heterocycles. The molecular weight excluding hydrogens is 316 g/mol. The van der Waals surface area contributed by atoms with Crippen LogP contribution < -0.4 is 5.32 Å². The van der Waals surface area contributed by atoms with Crippen molar-refractivity contribution in [3.05, 3.63) is 29.8 Å². The molecular formula is C20H30N2O3. The molecule has 2 aliphatic rings. The normalized spacial score (nSPS) is 19.8. The Hall–Kier alpha value is -1.59. The molecule has 0 atom stereocenters. The average Bonchev–Trinajstić information content (AvgIpc) is 2.67. The van der Waals surface area contributed by atoms with Crippen LogP contribution >= 0.6 is 0 Å². The standard InChI is InChI=1S/C20H30N2O3/c23-14-16-9-11-22(12-10-16)20(24)21-18-6-4-5-17(13-18)15-25-19-7-2-1-3-8-19/h4-6,13,16,19,23H,1-3,7-12,14-15H2,(H,21,24). The highest BCUT2D eigenvalue weighted by molar-refractivity contribution is 5.89. The maximum Gasteiger partial charge on any atom is 0.321 e. The lowest BCUT2D eigenvalue weighted by atomic mass is 9.98. The number of rotatable bonds is 5. The maximum atomic E-state index is 12.4. The zero-order valence-corrected chi connectivity index (χ0v) is 15.0. The van der Waals surface area contributed by atoms with Crippen molar-refractivity contribution in [1.29, 1.82) is 0 Å². The monoisotopic (exact) mass is 346 g/mol. The third-order valence-electron chi connectivity index (χ3n) is 5.38. The Kier molecular flexibility index (Phi) is 6.70. The van der Waals surface area contributed by atoms with Gasteiger partial charge in [0.1, 0.15) is 0 Å². The fraction of sp³-hybridized carbons (Fsp3) is 0.650. The molecule has 1 aromatic carbocycles.